The van der Waals surface area contributed by atoms with Crippen LogP contribution in [0.25, 0.3) is 32.8 Å². The number of hydrogen-bond donors (Lipinski definition) is 1. The van der Waals surface area contributed by atoms with Crippen LogP contribution < -0.4 is 4.74 Å². The van der Waals surface area contributed by atoms with E-state index in [1.807, 2.05) is 84.7 Å². The minimum absolute atomic E-state index is 0.0693. The summed E-state index contributed by atoms with van der Waals surface area (Å²) in [6, 6.07) is 17.0. The maximum absolute atomic E-state index is 13.5. The molecule has 2 saturated heterocycles. The lowest BCUT2D eigenvalue weighted by atomic mass is 9.98. The summed E-state index contributed by atoms with van der Waals surface area (Å²) in [6.07, 6.45) is 4.78. The van der Waals surface area contributed by atoms with Crippen molar-refractivity contribution in [2.45, 2.75) is 59.0 Å². The number of piperidine rings is 1. The van der Waals surface area contributed by atoms with E-state index in [1.54, 1.807) is 24.0 Å². The molecule has 67 heavy (non-hydrogen) atoms. The SMILES string of the molecule is C=C(OCC(=O)N1CCN(CCn2c(C(=O)O)c(CCCOc3cccc4ccccc34)c3ccc(Cl)c(-c4c(C)nn(C)c4C)c32)CC1)C1=C(/C=C\C)C(=O)N(C2CCC(=O)N(C)C2=O)C1. The summed E-state index contributed by atoms with van der Waals surface area (Å²) >= 11 is 7.08. The Morgan fingerprint density at radius 2 is 1.70 bits per heavy atom. The summed E-state index contributed by atoms with van der Waals surface area (Å²) in [5.74, 6) is -1.39. The zero-order valence-electron chi connectivity index (χ0n) is 38.6. The second-order valence-corrected chi connectivity index (χ2v) is 17.7. The molecule has 0 bridgehead atoms. The van der Waals surface area contributed by atoms with Gasteiger partial charge >= 0.3 is 5.97 Å². The van der Waals surface area contributed by atoms with Crippen molar-refractivity contribution >= 4 is 62.9 Å². The monoisotopic (exact) mass is 929 g/mol. The number of fused-ring (bicyclic) bond motifs is 2. The Morgan fingerprint density at radius 1 is 0.955 bits per heavy atom. The number of aryl methyl sites for hydroxylation is 3. The number of carboxylic acids is 1. The van der Waals surface area contributed by atoms with Crippen molar-refractivity contribution in [2.75, 3.05) is 59.5 Å². The average molecular weight is 931 g/mol. The molecule has 1 N–H and O–H groups in total. The quantitative estimate of drug-likeness (QED) is 0.0640. The molecule has 2 aromatic heterocycles. The number of carboxylic acid groups (broad SMARTS) is 1. The number of ether oxygens (including phenoxy) is 2. The standard InChI is InChI=1S/C51H56ClN7O8/c1-7-12-38-39(29-59(49(38)62)41-20-21-43(60)54(5)50(41)63)33(4)67-30-44(61)57-25-22-56(23-26-57)24-27-58-47-37(18-19-40(52)46(47)45-31(2)53-55(6)32(45)3)36(48(58)51(64)65)16-11-28-66-42-17-10-14-34-13-8-9-15-35(34)42/h7-10,12-15,17-19,41H,4,11,16,20-30H2,1-3,5-6H3,(H,64,65)/b12-7-. The summed E-state index contributed by atoms with van der Waals surface area (Å²) in [5.41, 5.74) is 5.80. The molecule has 3 aliphatic heterocycles. The van der Waals surface area contributed by atoms with Gasteiger partial charge in [0.25, 0.3) is 17.7 Å². The number of rotatable bonds is 16. The lowest BCUT2D eigenvalue weighted by molar-refractivity contribution is -0.153. The number of likely N-dealkylation sites (tertiary alicyclic amines) is 1. The van der Waals surface area contributed by atoms with E-state index in [4.69, 9.17) is 21.1 Å². The van der Waals surface area contributed by atoms with Gasteiger partial charge in [-0.25, -0.2) is 4.79 Å². The van der Waals surface area contributed by atoms with Crippen LogP contribution in [0, 0.1) is 13.8 Å². The number of carbonyl (C=O) groups is 5. The van der Waals surface area contributed by atoms with Gasteiger partial charge in [0.2, 0.25) is 5.91 Å². The van der Waals surface area contributed by atoms with Crippen LogP contribution in [0.4, 0.5) is 0 Å². The first kappa shape index (κ1) is 46.8. The van der Waals surface area contributed by atoms with Gasteiger partial charge in [-0.05, 0) is 63.1 Å². The Morgan fingerprint density at radius 3 is 2.42 bits per heavy atom. The zero-order valence-corrected chi connectivity index (χ0v) is 39.4. The number of amides is 4. The Labute approximate surface area is 394 Å². The van der Waals surface area contributed by atoms with E-state index in [1.165, 1.54) is 11.9 Å². The fourth-order valence-corrected chi connectivity index (χ4v) is 10.0. The van der Waals surface area contributed by atoms with E-state index in [2.05, 4.69) is 16.6 Å². The van der Waals surface area contributed by atoms with Gasteiger partial charge in [-0.15, -0.1) is 0 Å². The maximum atomic E-state index is 13.5. The fraction of sp³-hybridized carbons (Fsp3) is 0.373. The van der Waals surface area contributed by atoms with Gasteiger partial charge in [0.05, 0.1) is 29.4 Å². The van der Waals surface area contributed by atoms with E-state index in [9.17, 15) is 29.1 Å². The average Bonchev–Trinajstić information content (AvgIpc) is 3.91. The van der Waals surface area contributed by atoms with Crippen molar-refractivity contribution in [1.29, 1.82) is 0 Å². The molecule has 3 aromatic carbocycles. The number of carbonyl (C=O) groups excluding carboxylic acids is 4. The fourth-order valence-electron chi connectivity index (χ4n) is 9.76. The van der Waals surface area contributed by atoms with Crippen molar-refractivity contribution in [3.63, 3.8) is 0 Å². The number of benzene rings is 3. The second kappa shape index (κ2) is 19.6. The molecule has 8 rings (SSSR count). The molecule has 5 aromatic rings. The number of likely N-dealkylation sites (N-methyl/N-ethyl adjacent to an activating group) is 1. The molecule has 4 amide bonds. The van der Waals surface area contributed by atoms with Crippen LogP contribution >= 0.6 is 11.6 Å². The van der Waals surface area contributed by atoms with Gasteiger partial charge in [-0.3, -0.25) is 33.7 Å². The number of aromatic carboxylic acids is 1. The van der Waals surface area contributed by atoms with Crippen molar-refractivity contribution < 1.29 is 38.6 Å². The van der Waals surface area contributed by atoms with Crippen molar-refractivity contribution in [1.82, 2.24) is 33.9 Å². The second-order valence-electron chi connectivity index (χ2n) is 17.3. The number of piperazine rings is 1. The molecular formula is C51H56ClN7O8. The third-order valence-corrected chi connectivity index (χ3v) is 13.7. The van der Waals surface area contributed by atoms with E-state index in [0.717, 1.165) is 54.8 Å². The Bertz CT molecular complexity index is 2880. The molecule has 0 aliphatic carbocycles. The molecule has 5 heterocycles. The molecule has 0 radical (unpaired) electrons. The van der Waals surface area contributed by atoms with Crippen LogP contribution in [0.5, 0.6) is 5.75 Å². The lowest BCUT2D eigenvalue weighted by Gasteiger charge is -2.35. The molecule has 15 nitrogen and oxygen atoms in total. The number of imide groups is 1. The lowest BCUT2D eigenvalue weighted by Crippen LogP contribution is -2.53. The van der Waals surface area contributed by atoms with Crippen LogP contribution in [0.3, 0.4) is 0 Å². The number of allylic oxidation sites excluding steroid dienone is 1. The van der Waals surface area contributed by atoms with Gasteiger partial charge in [0.15, 0.2) is 6.61 Å². The van der Waals surface area contributed by atoms with E-state index >= 15 is 0 Å². The highest BCUT2D eigenvalue weighted by atomic mass is 35.5. The molecule has 1 unspecified atom stereocenters. The van der Waals surface area contributed by atoms with Crippen LogP contribution in [-0.4, -0.2) is 134 Å². The summed E-state index contributed by atoms with van der Waals surface area (Å²) in [5, 5.41) is 19.1. The molecule has 0 spiro atoms. The summed E-state index contributed by atoms with van der Waals surface area (Å²) in [7, 11) is 3.30. The molecule has 0 saturated carbocycles. The summed E-state index contributed by atoms with van der Waals surface area (Å²) in [6.45, 7) is 12.7. The number of hydrogen-bond acceptors (Lipinski definition) is 9. The highest BCUT2D eigenvalue weighted by Crippen LogP contribution is 2.42. The van der Waals surface area contributed by atoms with E-state index in [0.29, 0.717) is 80.4 Å². The molecule has 1 atom stereocenters. The number of nitrogens with zero attached hydrogens (tertiary/aromatic N) is 7. The molecular weight excluding hydrogens is 874 g/mol. The third-order valence-electron chi connectivity index (χ3n) is 13.4. The minimum atomic E-state index is -1.03. The first-order chi connectivity index (χ1) is 32.2. The van der Waals surface area contributed by atoms with Crippen LogP contribution in [0.1, 0.15) is 53.6 Å². The predicted molar refractivity (Wildman–Crippen MR) is 256 cm³/mol. The topological polar surface area (TPSA) is 160 Å². The Hall–Kier alpha value is -6.71. The highest BCUT2D eigenvalue weighted by molar-refractivity contribution is 6.35. The van der Waals surface area contributed by atoms with E-state index < -0.39 is 17.9 Å². The highest BCUT2D eigenvalue weighted by Gasteiger charge is 2.43. The van der Waals surface area contributed by atoms with E-state index in [-0.39, 0.29) is 55.2 Å². The summed E-state index contributed by atoms with van der Waals surface area (Å²) < 4.78 is 15.9. The third kappa shape index (κ3) is 9.09. The van der Waals surface area contributed by atoms with Gasteiger partial charge in [-0.1, -0.05) is 72.8 Å². The zero-order chi connectivity index (χ0) is 47.7. The van der Waals surface area contributed by atoms with Gasteiger partial charge in [0.1, 0.15) is 23.2 Å². The first-order valence-corrected chi connectivity index (χ1v) is 23.0. The van der Waals surface area contributed by atoms with Crippen molar-refractivity contribution in [2.24, 2.45) is 7.05 Å². The summed E-state index contributed by atoms with van der Waals surface area (Å²) in [4.78, 5) is 72.0. The largest absolute Gasteiger partial charge is 0.493 e. The predicted octanol–water partition coefficient (Wildman–Crippen LogP) is 6.71. The van der Waals surface area contributed by atoms with Crippen LogP contribution in [0.2, 0.25) is 5.02 Å². The first-order valence-electron chi connectivity index (χ1n) is 22.7. The number of aromatic nitrogens is 3. The minimum Gasteiger partial charge on any atom is -0.493 e. The Balaban J connectivity index is 0.955. The Kier molecular flexibility index (Phi) is 13.7. The van der Waals surface area contributed by atoms with Crippen molar-refractivity contribution in [3.05, 3.63) is 118 Å². The van der Waals surface area contributed by atoms with Crippen molar-refractivity contribution in [3.8, 4) is 16.9 Å². The van der Waals surface area contributed by atoms with Crippen LogP contribution in [-0.2, 0) is 43.9 Å². The molecule has 350 valence electrons. The maximum Gasteiger partial charge on any atom is 0.352 e. The van der Waals surface area contributed by atoms with Gasteiger partial charge < -0.3 is 28.9 Å². The number of halogens is 1. The normalized spacial score (nSPS) is 17.3. The molecule has 16 heteroatoms. The molecule has 3 aliphatic rings. The van der Waals surface area contributed by atoms with Gasteiger partial charge in [-0.2, -0.15) is 5.10 Å². The van der Waals surface area contributed by atoms with Gasteiger partial charge in [0, 0.05) is 98.5 Å². The molecule has 2 fully saturated rings. The van der Waals surface area contributed by atoms with Crippen LogP contribution in [0.15, 0.2) is 90.2 Å². The smallest absolute Gasteiger partial charge is 0.352 e.